The molecule has 0 saturated heterocycles. The van der Waals surface area contributed by atoms with Gasteiger partial charge in [-0.15, -0.1) is 0 Å². The van der Waals surface area contributed by atoms with E-state index >= 15 is 0 Å². The highest BCUT2D eigenvalue weighted by Crippen LogP contribution is 2.22. The van der Waals surface area contributed by atoms with Gasteiger partial charge in [-0.05, 0) is 26.7 Å². The van der Waals surface area contributed by atoms with Gasteiger partial charge in [0.05, 0.1) is 26.3 Å². The van der Waals surface area contributed by atoms with Crippen molar-refractivity contribution in [2.24, 2.45) is 5.73 Å². The molecular formula is C14H26N2O4. The lowest BCUT2D eigenvalue weighted by atomic mass is 9.90. The van der Waals surface area contributed by atoms with Crippen LogP contribution in [0.15, 0.2) is 0 Å². The van der Waals surface area contributed by atoms with E-state index < -0.39 is 0 Å². The van der Waals surface area contributed by atoms with Crippen molar-refractivity contribution in [3.05, 3.63) is 0 Å². The number of carbonyl (C=O) groups is 2. The molecule has 0 bridgehead atoms. The maximum absolute atomic E-state index is 11.7. The van der Waals surface area contributed by atoms with Gasteiger partial charge in [0.1, 0.15) is 0 Å². The number of rotatable bonds is 7. The molecule has 2 N–H and O–H groups in total. The van der Waals surface area contributed by atoms with Gasteiger partial charge < -0.3 is 15.2 Å². The van der Waals surface area contributed by atoms with Crippen LogP contribution in [0.5, 0.6) is 0 Å². The smallest absolute Gasteiger partial charge is 0.320 e. The summed E-state index contributed by atoms with van der Waals surface area (Å²) in [6.07, 6.45) is 4.00. The van der Waals surface area contributed by atoms with E-state index in [-0.39, 0.29) is 37.1 Å². The second-order valence-electron chi connectivity index (χ2n) is 5.03. The van der Waals surface area contributed by atoms with Crippen molar-refractivity contribution in [1.29, 1.82) is 0 Å². The fourth-order valence-electron chi connectivity index (χ4n) is 2.63. The van der Waals surface area contributed by atoms with Gasteiger partial charge in [0.15, 0.2) is 0 Å². The van der Waals surface area contributed by atoms with Gasteiger partial charge in [0.25, 0.3) is 0 Å². The van der Waals surface area contributed by atoms with E-state index in [9.17, 15) is 9.59 Å². The average Bonchev–Trinajstić information content (AvgIpc) is 2.39. The van der Waals surface area contributed by atoms with Crippen LogP contribution in [0, 0.1) is 0 Å². The van der Waals surface area contributed by atoms with Crippen LogP contribution >= 0.6 is 0 Å². The molecule has 1 fully saturated rings. The molecule has 20 heavy (non-hydrogen) atoms. The first kappa shape index (κ1) is 16.9. The summed E-state index contributed by atoms with van der Waals surface area (Å²) in [6, 6.07) is 0.0326. The Morgan fingerprint density at radius 1 is 1.05 bits per heavy atom. The fraction of sp³-hybridized carbons (Fsp3) is 0.857. The first-order chi connectivity index (χ1) is 9.58. The number of esters is 2. The molecule has 1 aliphatic rings. The molecule has 0 spiro atoms. The second-order valence-corrected chi connectivity index (χ2v) is 5.03. The number of carbonyl (C=O) groups excluding carboxylic acids is 2. The van der Waals surface area contributed by atoms with Crippen LogP contribution in [0.3, 0.4) is 0 Å². The lowest BCUT2D eigenvalue weighted by Gasteiger charge is -2.37. The van der Waals surface area contributed by atoms with Gasteiger partial charge in [-0.1, -0.05) is 12.8 Å². The Morgan fingerprint density at radius 3 is 2.00 bits per heavy atom. The van der Waals surface area contributed by atoms with Gasteiger partial charge in [0.2, 0.25) is 0 Å². The first-order valence-electron chi connectivity index (χ1n) is 7.39. The monoisotopic (exact) mass is 286 g/mol. The predicted octanol–water partition coefficient (Wildman–Crippen LogP) is 0.685. The normalized spacial score (nSPS) is 22.6. The summed E-state index contributed by atoms with van der Waals surface area (Å²) in [5.41, 5.74) is 6.13. The zero-order valence-corrected chi connectivity index (χ0v) is 12.5. The van der Waals surface area contributed by atoms with Gasteiger partial charge in [-0.25, -0.2) is 0 Å². The van der Waals surface area contributed by atoms with Crippen LogP contribution in [0.25, 0.3) is 0 Å². The minimum Gasteiger partial charge on any atom is -0.465 e. The molecule has 6 nitrogen and oxygen atoms in total. The standard InChI is InChI=1S/C14H26N2O4/c1-3-19-13(17)9-16(10-14(18)20-4-2)12-8-6-5-7-11(12)15/h11-12H,3-10,15H2,1-2H3/t11-,12-/m1/s1. The zero-order valence-electron chi connectivity index (χ0n) is 12.5. The van der Waals surface area contributed by atoms with E-state index in [2.05, 4.69) is 0 Å². The van der Waals surface area contributed by atoms with Crippen LogP contribution in [-0.4, -0.2) is 55.2 Å². The van der Waals surface area contributed by atoms with Gasteiger partial charge >= 0.3 is 11.9 Å². The molecule has 0 aromatic rings. The van der Waals surface area contributed by atoms with Crippen LogP contribution < -0.4 is 5.73 Å². The third-order valence-corrected chi connectivity index (χ3v) is 3.53. The minimum atomic E-state index is -0.324. The highest BCUT2D eigenvalue weighted by atomic mass is 16.5. The number of nitrogens with zero attached hydrogens (tertiary/aromatic N) is 1. The van der Waals surface area contributed by atoms with E-state index in [1.807, 2.05) is 0 Å². The van der Waals surface area contributed by atoms with Gasteiger partial charge in [0, 0.05) is 12.1 Å². The molecule has 0 amide bonds. The molecule has 0 aliphatic heterocycles. The SMILES string of the molecule is CCOC(=O)CN(CC(=O)OCC)[C@@H]1CCCC[C@H]1N. The van der Waals surface area contributed by atoms with E-state index in [0.717, 1.165) is 25.7 Å². The Labute approximate surface area is 120 Å². The molecule has 2 atom stereocenters. The lowest BCUT2D eigenvalue weighted by molar-refractivity contribution is -0.149. The molecule has 1 aliphatic carbocycles. The fourth-order valence-corrected chi connectivity index (χ4v) is 2.63. The molecule has 0 unspecified atom stereocenters. The van der Waals surface area contributed by atoms with Crippen molar-refractivity contribution in [3.63, 3.8) is 0 Å². The molecule has 116 valence electrons. The first-order valence-corrected chi connectivity index (χ1v) is 7.39. The predicted molar refractivity (Wildman–Crippen MR) is 75.1 cm³/mol. The molecule has 0 heterocycles. The third-order valence-electron chi connectivity index (χ3n) is 3.53. The van der Waals surface area contributed by atoms with Crippen molar-refractivity contribution in [2.75, 3.05) is 26.3 Å². The van der Waals surface area contributed by atoms with Gasteiger partial charge in [-0.3, -0.25) is 14.5 Å². The Morgan fingerprint density at radius 2 is 1.55 bits per heavy atom. The van der Waals surface area contributed by atoms with E-state index in [0.29, 0.717) is 13.2 Å². The lowest BCUT2D eigenvalue weighted by Crippen LogP contribution is -2.53. The molecule has 0 radical (unpaired) electrons. The summed E-state index contributed by atoms with van der Waals surface area (Å²) in [4.78, 5) is 25.2. The van der Waals surface area contributed by atoms with E-state index in [4.69, 9.17) is 15.2 Å². The number of hydrogen-bond donors (Lipinski definition) is 1. The number of nitrogens with two attached hydrogens (primary N) is 1. The molecule has 6 heteroatoms. The molecule has 0 aromatic carbocycles. The topological polar surface area (TPSA) is 81.9 Å². The second kappa shape index (κ2) is 8.92. The highest BCUT2D eigenvalue weighted by Gasteiger charge is 2.30. The average molecular weight is 286 g/mol. The van der Waals surface area contributed by atoms with Crippen LogP contribution in [0.1, 0.15) is 39.5 Å². The Kier molecular flexibility index (Phi) is 7.54. The van der Waals surface area contributed by atoms with E-state index in [1.54, 1.807) is 18.7 Å². The maximum Gasteiger partial charge on any atom is 0.320 e. The van der Waals surface area contributed by atoms with Crippen molar-refractivity contribution in [2.45, 2.75) is 51.6 Å². The third kappa shape index (κ3) is 5.46. The molecule has 1 rings (SSSR count). The zero-order chi connectivity index (χ0) is 15.0. The number of ether oxygens (including phenoxy) is 2. The summed E-state index contributed by atoms with van der Waals surface area (Å²) < 4.78 is 9.93. The van der Waals surface area contributed by atoms with Crippen molar-refractivity contribution in [1.82, 2.24) is 4.90 Å². The Balaban J connectivity index is 2.66. The Bertz CT molecular complexity index is 302. The Hall–Kier alpha value is -1.14. The highest BCUT2D eigenvalue weighted by molar-refractivity contribution is 5.75. The maximum atomic E-state index is 11.7. The minimum absolute atomic E-state index is 0.00685. The summed E-state index contributed by atoms with van der Waals surface area (Å²) in [7, 11) is 0. The summed E-state index contributed by atoms with van der Waals surface area (Å²) >= 11 is 0. The summed E-state index contributed by atoms with van der Waals surface area (Å²) in [5.74, 6) is -0.649. The largest absolute Gasteiger partial charge is 0.465 e. The molecule has 0 aromatic heterocycles. The molecular weight excluding hydrogens is 260 g/mol. The van der Waals surface area contributed by atoms with Crippen LogP contribution in [0.2, 0.25) is 0 Å². The van der Waals surface area contributed by atoms with Gasteiger partial charge in [-0.2, -0.15) is 0 Å². The van der Waals surface area contributed by atoms with Crippen LogP contribution in [-0.2, 0) is 19.1 Å². The van der Waals surface area contributed by atoms with Crippen molar-refractivity contribution in [3.8, 4) is 0 Å². The summed E-state index contributed by atoms with van der Waals surface area (Å²) in [6.45, 7) is 4.38. The quantitative estimate of drug-likeness (QED) is 0.693. The number of hydrogen-bond acceptors (Lipinski definition) is 6. The van der Waals surface area contributed by atoms with Crippen LogP contribution in [0.4, 0.5) is 0 Å². The van der Waals surface area contributed by atoms with Crippen molar-refractivity contribution >= 4 is 11.9 Å². The van der Waals surface area contributed by atoms with Crippen molar-refractivity contribution < 1.29 is 19.1 Å². The van der Waals surface area contributed by atoms with E-state index in [1.165, 1.54) is 0 Å². The summed E-state index contributed by atoms with van der Waals surface area (Å²) in [5, 5.41) is 0. The molecule has 1 saturated carbocycles.